The van der Waals surface area contributed by atoms with Crippen LogP contribution in [0.5, 0.6) is 0 Å². The van der Waals surface area contributed by atoms with Gasteiger partial charge in [-0.05, 0) is 18.4 Å². The van der Waals surface area contributed by atoms with Gasteiger partial charge in [0, 0.05) is 18.1 Å². The lowest BCUT2D eigenvalue weighted by atomic mass is 10.3. The summed E-state index contributed by atoms with van der Waals surface area (Å²) < 4.78 is 7.44. The lowest BCUT2D eigenvalue weighted by Gasteiger charge is -2.13. The molecule has 0 bridgehead atoms. The number of hydrogen-bond donors (Lipinski definition) is 0. The Hall–Kier alpha value is -1.95. The molecular weight excluding hydrogens is 274 g/mol. The van der Waals surface area contributed by atoms with Crippen LogP contribution >= 0.6 is 11.8 Å². The van der Waals surface area contributed by atoms with Crippen molar-refractivity contribution in [3.05, 3.63) is 42.7 Å². The van der Waals surface area contributed by atoms with Gasteiger partial charge < -0.3 is 9.30 Å². The van der Waals surface area contributed by atoms with Gasteiger partial charge >= 0.3 is 6.09 Å². The van der Waals surface area contributed by atoms with Gasteiger partial charge in [-0.2, -0.15) is 0 Å². The largest absolute Gasteiger partial charge is 0.442 e. The highest BCUT2D eigenvalue weighted by Gasteiger charge is 2.32. The third-order valence-corrected chi connectivity index (χ3v) is 3.91. The highest BCUT2D eigenvalue weighted by Crippen LogP contribution is 2.22. The number of amides is 1. The summed E-state index contributed by atoms with van der Waals surface area (Å²) in [4.78, 5) is 17.9. The molecule has 1 fully saturated rings. The quantitative estimate of drug-likeness (QED) is 0.812. The van der Waals surface area contributed by atoms with Crippen LogP contribution in [0.1, 0.15) is 0 Å². The van der Waals surface area contributed by atoms with Gasteiger partial charge in [0.15, 0.2) is 5.16 Å². The molecule has 1 aromatic carbocycles. The number of imidazole rings is 1. The molecule has 1 amide bonds. The van der Waals surface area contributed by atoms with Crippen molar-refractivity contribution in [2.24, 2.45) is 0 Å². The number of hydrogen-bond acceptors (Lipinski definition) is 4. The maximum atomic E-state index is 11.9. The molecule has 20 heavy (non-hydrogen) atoms. The minimum Gasteiger partial charge on any atom is -0.442 e. The van der Waals surface area contributed by atoms with E-state index in [9.17, 15) is 4.79 Å². The number of para-hydroxylation sites is 1. The summed E-state index contributed by atoms with van der Waals surface area (Å²) in [6, 6.07) is 9.58. The smallest absolute Gasteiger partial charge is 0.414 e. The molecule has 2 aromatic rings. The van der Waals surface area contributed by atoms with Crippen molar-refractivity contribution in [1.82, 2.24) is 9.55 Å². The number of anilines is 1. The van der Waals surface area contributed by atoms with Crippen molar-refractivity contribution < 1.29 is 9.53 Å². The molecule has 1 aliphatic rings. The highest BCUT2D eigenvalue weighted by atomic mass is 32.2. The first-order valence-corrected chi connectivity index (χ1v) is 7.58. The molecule has 1 unspecified atom stereocenters. The number of ether oxygens (including phenoxy) is 1. The number of cyclic esters (lactones) is 1. The Morgan fingerprint density at radius 2 is 2.20 bits per heavy atom. The third kappa shape index (κ3) is 2.51. The maximum absolute atomic E-state index is 11.9. The molecule has 0 aliphatic carbocycles. The fraction of sp³-hybridized carbons (Fsp3) is 0.286. The summed E-state index contributed by atoms with van der Waals surface area (Å²) in [5.74, 6) is 0. The van der Waals surface area contributed by atoms with Crippen LogP contribution < -0.4 is 4.90 Å². The van der Waals surface area contributed by atoms with Crippen LogP contribution in [0.2, 0.25) is 0 Å². The third-order valence-electron chi connectivity index (χ3n) is 3.20. The van der Waals surface area contributed by atoms with Crippen LogP contribution in [0.3, 0.4) is 0 Å². The zero-order chi connectivity index (χ0) is 13.9. The fourth-order valence-corrected chi connectivity index (χ4v) is 2.82. The van der Waals surface area contributed by atoms with E-state index in [4.69, 9.17) is 4.74 Å². The highest BCUT2D eigenvalue weighted by molar-refractivity contribution is 7.98. The van der Waals surface area contributed by atoms with Gasteiger partial charge in [0.25, 0.3) is 0 Å². The first-order chi connectivity index (χ1) is 9.78. The number of thioether (sulfide) groups is 1. The Labute approximate surface area is 121 Å². The van der Waals surface area contributed by atoms with E-state index in [1.807, 2.05) is 47.4 Å². The standard InChI is InChI=1S/C14H15N3O2S/c1-20-13-15-7-8-16(13)9-12-10-17(14(18)19-12)11-5-3-2-4-6-11/h2-8,12H,9-10H2,1H3. The first kappa shape index (κ1) is 13.1. The molecule has 3 rings (SSSR count). The Kier molecular flexibility index (Phi) is 3.64. The molecule has 104 valence electrons. The molecule has 1 atom stereocenters. The minimum absolute atomic E-state index is 0.150. The predicted octanol–water partition coefficient (Wildman–Crippen LogP) is 2.63. The minimum atomic E-state index is -0.285. The Balaban J connectivity index is 1.71. The summed E-state index contributed by atoms with van der Waals surface area (Å²) in [7, 11) is 0. The van der Waals surface area contributed by atoms with Crippen LogP contribution in [0.25, 0.3) is 0 Å². The molecule has 5 nitrogen and oxygen atoms in total. The lowest BCUT2D eigenvalue weighted by molar-refractivity contribution is 0.130. The lowest BCUT2D eigenvalue weighted by Crippen LogP contribution is -2.25. The number of benzene rings is 1. The Morgan fingerprint density at radius 3 is 2.95 bits per heavy atom. The van der Waals surface area contributed by atoms with E-state index in [1.165, 1.54) is 0 Å². The number of aromatic nitrogens is 2. The second kappa shape index (κ2) is 5.58. The molecule has 0 spiro atoms. The topological polar surface area (TPSA) is 47.4 Å². The van der Waals surface area contributed by atoms with E-state index < -0.39 is 0 Å². The zero-order valence-electron chi connectivity index (χ0n) is 11.1. The first-order valence-electron chi connectivity index (χ1n) is 6.36. The maximum Gasteiger partial charge on any atom is 0.414 e. The molecule has 1 saturated heterocycles. The van der Waals surface area contributed by atoms with E-state index in [0.29, 0.717) is 13.1 Å². The summed E-state index contributed by atoms with van der Waals surface area (Å²) in [6.45, 7) is 1.19. The van der Waals surface area contributed by atoms with Crippen molar-refractivity contribution in [2.75, 3.05) is 17.7 Å². The molecule has 1 aromatic heterocycles. The van der Waals surface area contributed by atoms with Gasteiger partial charge in [-0.15, -0.1) is 0 Å². The predicted molar refractivity (Wildman–Crippen MR) is 78.1 cm³/mol. The average molecular weight is 289 g/mol. The average Bonchev–Trinajstić information content (AvgIpc) is 3.06. The van der Waals surface area contributed by atoms with Crippen LogP contribution in [-0.4, -0.2) is 34.5 Å². The number of carbonyl (C=O) groups is 1. The van der Waals surface area contributed by atoms with E-state index >= 15 is 0 Å². The van der Waals surface area contributed by atoms with Crippen molar-refractivity contribution in [3.63, 3.8) is 0 Å². The normalized spacial score (nSPS) is 18.4. The van der Waals surface area contributed by atoms with Gasteiger partial charge in [0.2, 0.25) is 0 Å². The van der Waals surface area contributed by atoms with Crippen LogP contribution in [0, 0.1) is 0 Å². The fourth-order valence-electron chi connectivity index (χ4n) is 2.28. The summed E-state index contributed by atoms with van der Waals surface area (Å²) in [6.07, 6.45) is 5.22. The summed E-state index contributed by atoms with van der Waals surface area (Å²) in [5.41, 5.74) is 0.871. The summed E-state index contributed by atoms with van der Waals surface area (Å²) >= 11 is 1.58. The number of nitrogens with zero attached hydrogens (tertiary/aromatic N) is 3. The second-order valence-electron chi connectivity index (χ2n) is 4.52. The molecule has 0 radical (unpaired) electrons. The van der Waals surface area contributed by atoms with Crippen molar-refractivity contribution in [3.8, 4) is 0 Å². The van der Waals surface area contributed by atoms with E-state index in [-0.39, 0.29) is 12.2 Å². The number of rotatable bonds is 4. The van der Waals surface area contributed by atoms with Crippen molar-refractivity contribution in [1.29, 1.82) is 0 Å². The SMILES string of the molecule is CSc1nccn1CC1CN(c2ccccc2)C(=O)O1. The van der Waals surface area contributed by atoms with Crippen LogP contribution in [0.15, 0.2) is 47.9 Å². The molecule has 0 N–H and O–H groups in total. The van der Waals surface area contributed by atoms with Gasteiger partial charge in [0.1, 0.15) is 6.10 Å². The zero-order valence-corrected chi connectivity index (χ0v) is 11.9. The molecule has 6 heteroatoms. The van der Waals surface area contributed by atoms with E-state index in [1.54, 1.807) is 22.9 Å². The van der Waals surface area contributed by atoms with Crippen molar-refractivity contribution >= 4 is 23.5 Å². The second-order valence-corrected chi connectivity index (χ2v) is 5.29. The van der Waals surface area contributed by atoms with E-state index in [0.717, 1.165) is 10.8 Å². The monoisotopic (exact) mass is 289 g/mol. The van der Waals surface area contributed by atoms with Gasteiger partial charge in [-0.1, -0.05) is 30.0 Å². The van der Waals surface area contributed by atoms with Gasteiger partial charge in [-0.3, -0.25) is 4.90 Å². The molecule has 1 aliphatic heterocycles. The summed E-state index contributed by atoms with van der Waals surface area (Å²) in [5, 5.41) is 0.930. The van der Waals surface area contributed by atoms with Crippen molar-refractivity contribution in [2.45, 2.75) is 17.8 Å². The van der Waals surface area contributed by atoms with Crippen LogP contribution in [0.4, 0.5) is 10.5 Å². The molecule has 0 saturated carbocycles. The Bertz CT molecular complexity index is 599. The Morgan fingerprint density at radius 1 is 1.40 bits per heavy atom. The molecular formula is C14H15N3O2S. The van der Waals surface area contributed by atoms with Crippen LogP contribution in [-0.2, 0) is 11.3 Å². The molecule has 2 heterocycles. The van der Waals surface area contributed by atoms with Gasteiger partial charge in [-0.25, -0.2) is 9.78 Å². The number of carbonyl (C=O) groups excluding carboxylic acids is 1. The van der Waals surface area contributed by atoms with Gasteiger partial charge in [0.05, 0.1) is 13.1 Å². The van der Waals surface area contributed by atoms with E-state index in [2.05, 4.69) is 4.98 Å².